The van der Waals surface area contributed by atoms with Crippen molar-refractivity contribution in [3.8, 4) is 5.75 Å². The number of ether oxygens (including phenoxy) is 1. The number of carbonyl (C=O) groups excluding carboxylic acids is 2. The van der Waals surface area contributed by atoms with Crippen molar-refractivity contribution in [2.75, 3.05) is 25.1 Å². The van der Waals surface area contributed by atoms with Crippen molar-refractivity contribution in [3.63, 3.8) is 0 Å². The molecule has 2 heterocycles. The first-order valence-electron chi connectivity index (χ1n) is 13.1. The maximum atomic E-state index is 13.9. The fraction of sp³-hybridized carbons (Fsp3) is 0.355. The summed E-state index contributed by atoms with van der Waals surface area (Å²) in [6, 6.07) is 23.5. The molecule has 6 heteroatoms. The van der Waals surface area contributed by atoms with Crippen molar-refractivity contribution in [1.82, 2.24) is 4.90 Å². The molecular weight excluding hydrogens is 467 g/mol. The molecule has 0 aliphatic carbocycles. The first-order chi connectivity index (χ1) is 18.0. The molecule has 0 radical (unpaired) electrons. The van der Waals surface area contributed by atoms with Gasteiger partial charge in [0.2, 0.25) is 11.8 Å². The van der Waals surface area contributed by atoms with E-state index in [4.69, 9.17) is 4.74 Å². The van der Waals surface area contributed by atoms with E-state index in [9.17, 15) is 14.0 Å². The highest BCUT2D eigenvalue weighted by atomic mass is 19.1. The fourth-order valence-electron chi connectivity index (χ4n) is 5.78. The Morgan fingerprint density at radius 1 is 0.919 bits per heavy atom. The molecule has 2 saturated heterocycles. The lowest BCUT2D eigenvalue weighted by atomic mass is 9.82. The zero-order chi connectivity index (χ0) is 25.8. The van der Waals surface area contributed by atoms with Crippen molar-refractivity contribution in [3.05, 3.63) is 95.8 Å². The Labute approximate surface area is 217 Å². The lowest BCUT2D eigenvalue weighted by Gasteiger charge is -2.43. The van der Waals surface area contributed by atoms with E-state index >= 15 is 0 Å². The molecule has 2 atom stereocenters. The molecule has 2 fully saturated rings. The van der Waals surface area contributed by atoms with Gasteiger partial charge in [-0.2, -0.15) is 0 Å². The summed E-state index contributed by atoms with van der Waals surface area (Å²) in [5.41, 5.74) is 2.81. The van der Waals surface area contributed by atoms with Gasteiger partial charge in [-0.1, -0.05) is 42.5 Å². The maximum Gasteiger partial charge on any atom is 0.228 e. The highest BCUT2D eigenvalue weighted by Gasteiger charge is 2.43. The summed E-state index contributed by atoms with van der Waals surface area (Å²) in [6.45, 7) is 1.44. The van der Waals surface area contributed by atoms with Gasteiger partial charge in [-0.15, -0.1) is 0 Å². The number of nitrogens with zero attached hydrogens (tertiary/aromatic N) is 2. The fourth-order valence-corrected chi connectivity index (χ4v) is 5.78. The Kier molecular flexibility index (Phi) is 7.54. The van der Waals surface area contributed by atoms with Gasteiger partial charge in [-0.05, 0) is 79.1 Å². The lowest BCUT2D eigenvalue weighted by Crippen LogP contribution is -2.50. The van der Waals surface area contributed by atoms with Crippen LogP contribution in [0.2, 0.25) is 0 Å². The van der Waals surface area contributed by atoms with Crippen LogP contribution < -0.4 is 9.64 Å². The summed E-state index contributed by atoms with van der Waals surface area (Å²) in [5, 5.41) is 0. The third-order valence-corrected chi connectivity index (χ3v) is 7.77. The van der Waals surface area contributed by atoms with Gasteiger partial charge in [0.25, 0.3) is 0 Å². The molecule has 2 aliphatic heterocycles. The Bertz CT molecular complexity index is 1210. The molecule has 0 unspecified atom stereocenters. The number of piperidine rings is 2. The van der Waals surface area contributed by atoms with E-state index in [2.05, 4.69) is 24.3 Å². The van der Waals surface area contributed by atoms with Gasteiger partial charge in [0.1, 0.15) is 11.6 Å². The average molecular weight is 501 g/mol. The van der Waals surface area contributed by atoms with Gasteiger partial charge >= 0.3 is 0 Å². The van der Waals surface area contributed by atoms with E-state index in [1.54, 1.807) is 24.1 Å². The van der Waals surface area contributed by atoms with E-state index in [0.29, 0.717) is 30.2 Å². The highest BCUT2D eigenvalue weighted by Crippen LogP contribution is 2.41. The second-order valence-electron chi connectivity index (χ2n) is 10.1. The van der Waals surface area contributed by atoms with Crippen LogP contribution >= 0.6 is 0 Å². The molecule has 0 saturated carbocycles. The number of rotatable bonds is 6. The van der Waals surface area contributed by atoms with Crippen LogP contribution in [0.3, 0.4) is 0 Å². The van der Waals surface area contributed by atoms with Crippen molar-refractivity contribution in [1.29, 1.82) is 0 Å². The quantitative estimate of drug-likeness (QED) is 0.430. The topological polar surface area (TPSA) is 49.9 Å². The van der Waals surface area contributed by atoms with Crippen LogP contribution in [-0.4, -0.2) is 36.9 Å². The van der Waals surface area contributed by atoms with Crippen LogP contribution in [-0.2, 0) is 16.0 Å². The van der Waals surface area contributed by atoms with Gasteiger partial charge in [0.05, 0.1) is 19.1 Å². The summed E-state index contributed by atoms with van der Waals surface area (Å²) in [4.78, 5) is 30.9. The van der Waals surface area contributed by atoms with Crippen LogP contribution in [0.15, 0.2) is 78.9 Å². The van der Waals surface area contributed by atoms with Crippen LogP contribution in [0.4, 0.5) is 10.1 Å². The number of anilines is 1. The molecule has 0 aromatic heterocycles. The minimum atomic E-state index is -0.496. The Morgan fingerprint density at radius 3 is 2.24 bits per heavy atom. The number of halogens is 1. The Balaban J connectivity index is 1.38. The molecule has 2 amide bonds. The minimum absolute atomic E-state index is 0.0369. The normalized spacial score (nSPS) is 20.6. The van der Waals surface area contributed by atoms with E-state index in [0.717, 1.165) is 37.9 Å². The summed E-state index contributed by atoms with van der Waals surface area (Å²) >= 11 is 0. The van der Waals surface area contributed by atoms with E-state index in [1.807, 2.05) is 35.2 Å². The van der Waals surface area contributed by atoms with Gasteiger partial charge in [0, 0.05) is 25.2 Å². The van der Waals surface area contributed by atoms with Crippen molar-refractivity contribution >= 4 is 17.5 Å². The standard InChI is InChI=1S/C31H33FN2O3/c1-37-27-13-11-26(12-14-27)34-29(35)16-15-28(30(34)24-7-9-25(32)10-8-24)31(36)33-19-17-23(18-20-33)21-22-5-3-2-4-6-22/h2-14,23,28,30H,15-21H2,1H3/t28-,30-/m0/s1. The molecule has 3 aromatic carbocycles. The SMILES string of the molecule is COc1ccc(N2C(=O)CC[C@H](C(=O)N3CCC(Cc4ccccc4)CC3)[C@@H]2c2ccc(F)cc2)cc1. The van der Waals surface area contributed by atoms with Crippen molar-refractivity contribution in [2.24, 2.45) is 11.8 Å². The van der Waals surface area contributed by atoms with E-state index < -0.39 is 12.0 Å². The number of likely N-dealkylation sites (tertiary alicyclic amines) is 1. The zero-order valence-corrected chi connectivity index (χ0v) is 21.2. The smallest absolute Gasteiger partial charge is 0.228 e. The summed E-state index contributed by atoms with van der Waals surface area (Å²) in [6.07, 6.45) is 3.75. The predicted molar refractivity (Wildman–Crippen MR) is 142 cm³/mol. The molecule has 192 valence electrons. The third kappa shape index (κ3) is 5.53. The van der Waals surface area contributed by atoms with Crippen LogP contribution in [0.1, 0.15) is 42.9 Å². The highest BCUT2D eigenvalue weighted by molar-refractivity contribution is 5.97. The number of methoxy groups -OCH3 is 1. The number of amides is 2. The largest absolute Gasteiger partial charge is 0.497 e. The molecule has 0 N–H and O–H groups in total. The molecule has 3 aromatic rings. The minimum Gasteiger partial charge on any atom is -0.497 e. The number of hydrogen-bond acceptors (Lipinski definition) is 3. The van der Waals surface area contributed by atoms with Gasteiger partial charge in [-0.3, -0.25) is 9.59 Å². The molecule has 0 spiro atoms. The second kappa shape index (κ2) is 11.2. The summed E-state index contributed by atoms with van der Waals surface area (Å²) < 4.78 is 19.1. The van der Waals surface area contributed by atoms with Gasteiger partial charge in [-0.25, -0.2) is 4.39 Å². The molecule has 5 rings (SSSR count). The zero-order valence-electron chi connectivity index (χ0n) is 21.2. The molecule has 5 nitrogen and oxygen atoms in total. The monoisotopic (exact) mass is 500 g/mol. The summed E-state index contributed by atoms with van der Waals surface area (Å²) in [7, 11) is 1.60. The van der Waals surface area contributed by atoms with Crippen LogP contribution in [0, 0.1) is 17.7 Å². The Hall–Kier alpha value is -3.67. The van der Waals surface area contributed by atoms with Gasteiger partial charge < -0.3 is 14.5 Å². The average Bonchev–Trinajstić information content (AvgIpc) is 2.94. The molecular formula is C31H33FN2O3. The summed E-state index contributed by atoms with van der Waals surface area (Å²) in [5.74, 6) is 0.561. The molecule has 37 heavy (non-hydrogen) atoms. The Morgan fingerprint density at radius 2 is 1.59 bits per heavy atom. The maximum absolute atomic E-state index is 13.9. The van der Waals surface area contributed by atoms with E-state index in [1.165, 1.54) is 17.7 Å². The number of hydrogen-bond donors (Lipinski definition) is 0. The molecule has 0 bridgehead atoms. The van der Waals surface area contributed by atoms with E-state index in [-0.39, 0.29) is 17.6 Å². The first kappa shape index (κ1) is 25.0. The number of carbonyl (C=O) groups is 2. The van der Waals surface area contributed by atoms with Crippen molar-refractivity contribution in [2.45, 2.75) is 38.1 Å². The predicted octanol–water partition coefficient (Wildman–Crippen LogP) is 5.80. The second-order valence-corrected chi connectivity index (χ2v) is 10.1. The van der Waals surface area contributed by atoms with Crippen LogP contribution in [0.25, 0.3) is 0 Å². The third-order valence-electron chi connectivity index (χ3n) is 7.77. The first-order valence-corrected chi connectivity index (χ1v) is 13.1. The van der Waals surface area contributed by atoms with Crippen molar-refractivity contribution < 1.29 is 18.7 Å². The molecule has 2 aliphatic rings. The van der Waals surface area contributed by atoms with Crippen LogP contribution in [0.5, 0.6) is 5.75 Å². The number of benzene rings is 3. The van der Waals surface area contributed by atoms with Gasteiger partial charge in [0.15, 0.2) is 0 Å². The lowest BCUT2D eigenvalue weighted by molar-refractivity contribution is -0.139.